The number of hydrogen-bond donors (Lipinski definition) is 0. The summed E-state index contributed by atoms with van der Waals surface area (Å²) in [7, 11) is 2.27. The highest BCUT2D eigenvalue weighted by molar-refractivity contribution is 4.92. The van der Waals surface area contributed by atoms with Crippen LogP contribution < -0.4 is 0 Å². The van der Waals surface area contributed by atoms with Crippen LogP contribution in [0.3, 0.4) is 0 Å². The minimum Gasteiger partial charge on any atom is -0.300 e. The fraction of sp³-hybridized carbons (Fsp3) is 1.00. The van der Waals surface area contributed by atoms with Crippen LogP contribution in [0.1, 0.15) is 39.5 Å². The Labute approximate surface area is 64.4 Å². The second-order valence-electron chi connectivity index (χ2n) is 3.13. The number of hydrogen-bond acceptors (Lipinski definition) is 1. The molecule has 0 amide bonds. The first-order chi connectivity index (χ1) is 4.88. The van der Waals surface area contributed by atoms with Crippen molar-refractivity contribution in [1.82, 2.24) is 4.90 Å². The van der Waals surface area contributed by atoms with E-state index >= 15 is 0 Å². The van der Waals surface area contributed by atoms with Crippen molar-refractivity contribution in [1.29, 1.82) is 0 Å². The summed E-state index contributed by atoms with van der Waals surface area (Å²) in [6.07, 6.45) is 5.89. The van der Waals surface area contributed by atoms with Crippen LogP contribution in [0.2, 0.25) is 0 Å². The summed E-state index contributed by atoms with van der Waals surface area (Å²) in [5.41, 5.74) is 0. The topological polar surface area (TPSA) is 3.24 Å². The second kappa shape index (κ2) is 3.38. The van der Waals surface area contributed by atoms with Gasteiger partial charge in [0, 0.05) is 12.1 Å². The number of rotatable bonds is 0. The van der Waals surface area contributed by atoms with E-state index < -0.39 is 0 Å². The van der Waals surface area contributed by atoms with Crippen LogP contribution >= 0.6 is 0 Å². The summed E-state index contributed by atoms with van der Waals surface area (Å²) in [5, 5.41) is 0. The van der Waals surface area contributed by atoms with E-state index in [0.29, 0.717) is 0 Å². The molecule has 60 valence electrons. The third-order valence-corrected chi connectivity index (χ3v) is 2.82. The summed E-state index contributed by atoms with van der Waals surface area (Å²) in [5.74, 6) is 0. The zero-order valence-electron chi connectivity index (χ0n) is 7.43. The lowest BCUT2D eigenvalue weighted by Crippen LogP contribution is -2.22. The minimum atomic E-state index is 0.972. The molecule has 0 aromatic carbocycles. The first-order valence-corrected chi connectivity index (χ1v) is 4.60. The predicted molar refractivity (Wildman–Crippen MR) is 45.2 cm³/mol. The zero-order valence-corrected chi connectivity index (χ0v) is 7.43. The third-order valence-electron chi connectivity index (χ3n) is 2.82. The summed E-state index contributed by atoms with van der Waals surface area (Å²) in [6.45, 7) is 4.00. The van der Waals surface area contributed by atoms with Crippen LogP contribution in [0.25, 0.3) is 0 Å². The molecule has 2 heterocycles. The van der Waals surface area contributed by atoms with Crippen LogP contribution in [0.4, 0.5) is 0 Å². The van der Waals surface area contributed by atoms with Crippen molar-refractivity contribution in [3.05, 3.63) is 0 Å². The van der Waals surface area contributed by atoms with E-state index in [9.17, 15) is 0 Å². The molecule has 2 aliphatic rings. The first kappa shape index (κ1) is 8.06. The molecule has 0 unspecified atom stereocenters. The third kappa shape index (κ3) is 1.20. The van der Waals surface area contributed by atoms with Gasteiger partial charge < -0.3 is 4.90 Å². The molecule has 2 rings (SSSR count). The maximum absolute atomic E-state index is 2.56. The lowest BCUT2D eigenvalue weighted by molar-refractivity contribution is 0.314. The molecule has 0 aliphatic carbocycles. The Balaban J connectivity index is 0.000000231. The molecular weight excluding hydrogens is 122 g/mol. The normalized spacial score (nSPS) is 37.5. The molecule has 2 fully saturated rings. The summed E-state index contributed by atoms with van der Waals surface area (Å²) >= 11 is 0. The van der Waals surface area contributed by atoms with Gasteiger partial charge in [-0.15, -0.1) is 0 Å². The van der Waals surface area contributed by atoms with Gasteiger partial charge in [-0.25, -0.2) is 0 Å². The predicted octanol–water partition coefficient (Wildman–Crippen LogP) is 2.27. The fourth-order valence-electron chi connectivity index (χ4n) is 2.17. The van der Waals surface area contributed by atoms with Gasteiger partial charge in [-0.3, -0.25) is 0 Å². The van der Waals surface area contributed by atoms with Crippen LogP contribution in [-0.4, -0.2) is 24.0 Å². The molecule has 0 N–H and O–H groups in total. The quantitative estimate of drug-likeness (QED) is 0.500. The average molecular weight is 141 g/mol. The summed E-state index contributed by atoms with van der Waals surface area (Å²) in [6, 6.07) is 1.94. The van der Waals surface area contributed by atoms with E-state index in [4.69, 9.17) is 0 Å². The molecule has 0 spiro atoms. The molecular formula is C9H19N. The molecule has 2 saturated heterocycles. The van der Waals surface area contributed by atoms with Crippen molar-refractivity contribution in [2.24, 2.45) is 0 Å². The minimum absolute atomic E-state index is 0.972. The molecule has 1 heteroatoms. The van der Waals surface area contributed by atoms with E-state index in [1.54, 1.807) is 0 Å². The van der Waals surface area contributed by atoms with Crippen molar-refractivity contribution < 1.29 is 0 Å². The van der Waals surface area contributed by atoms with Crippen molar-refractivity contribution in [3.63, 3.8) is 0 Å². The SMILES string of the molecule is CC.CN1C2CCC1CC2. The van der Waals surface area contributed by atoms with Gasteiger partial charge in [0.15, 0.2) is 0 Å². The average Bonchev–Trinajstić information content (AvgIpc) is 2.53. The van der Waals surface area contributed by atoms with Crippen molar-refractivity contribution in [2.75, 3.05) is 7.05 Å². The van der Waals surface area contributed by atoms with Gasteiger partial charge in [0.2, 0.25) is 0 Å². The molecule has 0 radical (unpaired) electrons. The molecule has 10 heavy (non-hydrogen) atoms. The van der Waals surface area contributed by atoms with Gasteiger partial charge in [0.1, 0.15) is 0 Å². The molecule has 0 aromatic heterocycles. The number of nitrogens with zero attached hydrogens (tertiary/aromatic N) is 1. The summed E-state index contributed by atoms with van der Waals surface area (Å²) in [4.78, 5) is 2.56. The first-order valence-electron chi connectivity index (χ1n) is 4.60. The maximum atomic E-state index is 2.56. The van der Waals surface area contributed by atoms with E-state index in [1.807, 2.05) is 13.8 Å². The van der Waals surface area contributed by atoms with Gasteiger partial charge in [0.25, 0.3) is 0 Å². The molecule has 2 bridgehead atoms. The van der Waals surface area contributed by atoms with Gasteiger partial charge in [0.05, 0.1) is 0 Å². The van der Waals surface area contributed by atoms with Crippen molar-refractivity contribution in [3.8, 4) is 0 Å². The Hall–Kier alpha value is -0.0400. The van der Waals surface area contributed by atoms with Gasteiger partial charge in [-0.2, -0.15) is 0 Å². The lowest BCUT2D eigenvalue weighted by Gasteiger charge is -2.12. The van der Waals surface area contributed by atoms with Crippen molar-refractivity contribution >= 4 is 0 Å². The maximum Gasteiger partial charge on any atom is 0.00963 e. The second-order valence-corrected chi connectivity index (χ2v) is 3.13. The Morgan fingerprint density at radius 1 is 0.900 bits per heavy atom. The zero-order chi connectivity index (χ0) is 7.56. The molecule has 0 atom stereocenters. The monoisotopic (exact) mass is 141 g/mol. The Morgan fingerprint density at radius 3 is 1.30 bits per heavy atom. The summed E-state index contributed by atoms with van der Waals surface area (Å²) < 4.78 is 0. The van der Waals surface area contributed by atoms with Crippen molar-refractivity contribution in [2.45, 2.75) is 51.6 Å². The largest absolute Gasteiger partial charge is 0.300 e. The molecule has 1 nitrogen and oxygen atoms in total. The highest BCUT2D eigenvalue weighted by Crippen LogP contribution is 2.35. The Morgan fingerprint density at radius 2 is 1.20 bits per heavy atom. The smallest absolute Gasteiger partial charge is 0.00963 e. The van der Waals surface area contributed by atoms with Crippen LogP contribution in [0, 0.1) is 0 Å². The van der Waals surface area contributed by atoms with Crippen LogP contribution in [-0.2, 0) is 0 Å². The van der Waals surface area contributed by atoms with Gasteiger partial charge in [-0.05, 0) is 32.7 Å². The highest BCUT2D eigenvalue weighted by atomic mass is 15.2. The standard InChI is InChI=1S/C7H13N.C2H6/c1-8-6-2-3-7(8)5-4-6;1-2/h6-7H,2-5H2,1H3;1-2H3. The molecule has 0 aromatic rings. The highest BCUT2D eigenvalue weighted by Gasteiger charge is 2.35. The van der Waals surface area contributed by atoms with Gasteiger partial charge >= 0.3 is 0 Å². The van der Waals surface area contributed by atoms with E-state index in [1.165, 1.54) is 25.7 Å². The fourth-order valence-corrected chi connectivity index (χ4v) is 2.17. The Kier molecular flexibility index (Phi) is 2.72. The van der Waals surface area contributed by atoms with E-state index in [2.05, 4.69) is 11.9 Å². The van der Waals surface area contributed by atoms with Crippen LogP contribution in [0.15, 0.2) is 0 Å². The lowest BCUT2D eigenvalue weighted by atomic mass is 10.0. The van der Waals surface area contributed by atoms with E-state index in [0.717, 1.165) is 12.1 Å². The van der Waals surface area contributed by atoms with Crippen LogP contribution in [0.5, 0.6) is 0 Å². The molecule has 2 aliphatic heterocycles. The number of fused-ring (bicyclic) bond motifs is 2. The Bertz CT molecular complexity index is 80.9. The van der Waals surface area contributed by atoms with E-state index in [-0.39, 0.29) is 0 Å². The molecule has 0 saturated carbocycles. The van der Waals surface area contributed by atoms with Gasteiger partial charge in [-0.1, -0.05) is 13.8 Å².